The van der Waals surface area contributed by atoms with E-state index in [0.717, 1.165) is 6.08 Å². The summed E-state index contributed by atoms with van der Waals surface area (Å²) in [6.07, 6.45) is 1.15. The molecule has 0 saturated heterocycles. The third-order valence-corrected chi connectivity index (χ3v) is 2.71. The molecule has 2 amide bonds. The van der Waals surface area contributed by atoms with Gasteiger partial charge in [0.25, 0.3) is 0 Å². The smallest absolute Gasteiger partial charge is 0.310 e. The Morgan fingerprint density at radius 3 is 2.14 bits per heavy atom. The molecule has 21 heavy (non-hydrogen) atoms. The summed E-state index contributed by atoms with van der Waals surface area (Å²) in [7, 11) is 3.11. The standard InChI is InChI=1S/C15H26N2O4/c1-8-12(18)17(7)10-13(19)16(6)9-11(2)14(20)21-15(3,4)5/h8,11H,1,9-10H2,2-7H3. The van der Waals surface area contributed by atoms with Crippen molar-refractivity contribution in [2.45, 2.75) is 33.3 Å². The van der Waals surface area contributed by atoms with Crippen LogP contribution in [-0.2, 0) is 19.1 Å². The molecule has 0 rings (SSSR count). The highest BCUT2D eigenvalue weighted by atomic mass is 16.6. The van der Waals surface area contributed by atoms with E-state index in [9.17, 15) is 14.4 Å². The van der Waals surface area contributed by atoms with Gasteiger partial charge in [0, 0.05) is 20.6 Å². The van der Waals surface area contributed by atoms with Crippen LogP contribution in [0.4, 0.5) is 0 Å². The number of likely N-dealkylation sites (N-methyl/N-ethyl adjacent to an activating group) is 2. The average molecular weight is 298 g/mol. The summed E-state index contributed by atoms with van der Waals surface area (Å²) in [6.45, 7) is 10.6. The first-order chi connectivity index (χ1) is 9.47. The number of carbonyl (C=O) groups excluding carboxylic acids is 3. The zero-order chi connectivity index (χ0) is 16.8. The van der Waals surface area contributed by atoms with E-state index in [1.165, 1.54) is 16.8 Å². The highest BCUT2D eigenvalue weighted by Crippen LogP contribution is 2.12. The first-order valence-electron chi connectivity index (χ1n) is 6.82. The van der Waals surface area contributed by atoms with Crippen LogP contribution in [0.5, 0.6) is 0 Å². The molecule has 0 fully saturated rings. The number of esters is 1. The van der Waals surface area contributed by atoms with Crippen molar-refractivity contribution in [2.75, 3.05) is 27.2 Å². The van der Waals surface area contributed by atoms with Gasteiger partial charge in [0.05, 0.1) is 12.5 Å². The van der Waals surface area contributed by atoms with Gasteiger partial charge < -0.3 is 14.5 Å². The van der Waals surface area contributed by atoms with E-state index in [1.54, 1.807) is 34.7 Å². The molecular formula is C15H26N2O4. The third-order valence-electron chi connectivity index (χ3n) is 2.71. The molecule has 0 bridgehead atoms. The van der Waals surface area contributed by atoms with Crippen LogP contribution in [0.1, 0.15) is 27.7 Å². The van der Waals surface area contributed by atoms with Crippen molar-refractivity contribution in [3.63, 3.8) is 0 Å². The lowest BCUT2D eigenvalue weighted by Crippen LogP contribution is -2.42. The second-order valence-corrected chi connectivity index (χ2v) is 6.11. The summed E-state index contributed by atoms with van der Waals surface area (Å²) in [5, 5.41) is 0. The highest BCUT2D eigenvalue weighted by Gasteiger charge is 2.24. The van der Waals surface area contributed by atoms with Crippen molar-refractivity contribution in [3.05, 3.63) is 12.7 Å². The van der Waals surface area contributed by atoms with E-state index in [1.807, 2.05) is 0 Å². The number of amides is 2. The average Bonchev–Trinajstić information content (AvgIpc) is 2.35. The number of hydrogen-bond donors (Lipinski definition) is 0. The third kappa shape index (κ3) is 7.48. The largest absolute Gasteiger partial charge is 0.460 e. The lowest BCUT2D eigenvalue weighted by atomic mass is 10.1. The molecule has 0 N–H and O–H groups in total. The molecule has 0 aromatic heterocycles. The molecule has 0 saturated carbocycles. The second-order valence-electron chi connectivity index (χ2n) is 6.11. The minimum atomic E-state index is -0.551. The van der Waals surface area contributed by atoms with Crippen LogP contribution >= 0.6 is 0 Å². The Kier molecular flexibility index (Phi) is 7.12. The van der Waals surface area contributed by atoms with Gasteiger partial charge in [-0.25, -0.2) is 0 Å². The van der Waals surface area contributed by atoms with Gasteiger partial charge in [-0.1, -0.05) is 13.5 Å². The van der Waals surface area contributed by atoms with E-state index in [4.69, 9.17) is 4.74 Å². The molecule has 1 unspecified atom stereocenters. The predicted octanol–water partition coefficient (Wildman–Crippen LogP) is 1.07. The summed E-state index contributed by atoms with van der Waals surface area (Å²) in [6, 6.07) is 0. The van der Waals surface area contributed by atoms with Crippen molar-refractivity contribution >= 4 is 17.8 Å². The van der Waals surface area contributed by atoms with Gasteiger partial charge in [-0.3, -0.25) is 14.4 Å². The van der Waals surface area contributed by atoms with E-state index >= 15 is 0 Å². The molecule has 0 radical (unpaired) electrons. The number of hydrogen-bond acceptors (Lipinski definition) is 4. The molecule has 0 aromatic rings. The van der Waals surface area contributed by atoms with Crippen molar-refractivity contribution in [1.82, 2.24) is 9.80 Å². The van der Waals surface area contributed by atoms with Crippen LogP contribution in [0.15, 0.2) is 12.7 Å². The fraction of sp³-hybridized carbons (Fsp3) is 0.667. The van der Waals surface area contributed by atoms with E-state index in [2.05, 4.69) is 6.58 Å². The monoisotopic (exact) mass is 298 g/mol. The minimum absolute atomic E-state index is 0.0532. The predicted molar refractivity (Wildman–Crippen MR) is 80.5 cm³/mol. The van der Waals surface area contributed by atoms with Gasteiger partial charge in [0.1, 0.15) is 5.60 Å². The SMILES string of the molecule is C=CC(=O)N(C)CC(=O)N(C)CC(C)C(=O)OC(C)(C)C. The summed E-state index contributed by atoms with van der Waals surface area (Å²) >= 11 is 0. The normalized spacial score (nSPS) is 12.3. The molecule has 0 aromatic carbocycles. The fourth-order valence-corrected chi connectivity index (χ4v) is 1.55. The molecule has 0 aliphatic carbocycles. The number of ether oxygens (including phenoxy) is 1. The summed E-state index contributed by atoms with van der Waals surface area (Å²) < 4.78 is 5.26. The molecule has 0 spiro atoms. The van der Waals surface area contributed by atoms with Crippen molar-refractivity contribution in [2.24, 2.45) is 5.92 Å². The highest BCUT2D eigenvalue weighted by molar-refractivity contribution is 5.90. The van der Waals surface area contributed by atoms with Gasteiger partial charge in [-0.05, 0) is 26.8 Å². The minimum Gasteiger partial charge on any atom is -0.460 e. The number of nitrogens with zero attached hydrogens (tertiary/aromatic N) is 2. The Bertz CT molecular complexity index is 412. The summed E-state index contributed by atoms with van der Waals surface area (Å²) in [5.41, 5.74) is -0.551. The van der Waals surface area contributed by atoms with E-state index < -0.39 is 11.5 Å². The maximum atomic E-state index is 12.0. The van der Waals surface area contributed by atoms with Gasteiger partial charge in [-0.2, -0.15) is 0 Å². The van der Waals surface area contributed by atoms with Crippen LogP contribution in [-0.4, -0.2) is 60.4 Å². The molecule has 0 aliphatic heterocycles. The second kappa shape index (κ2) is 7.81. The molecule has 6 heteroatoms. The van der Waals surface area contributed by atoms with Crippen molar-refractivity contribution < 1.29 is 19.1 Å². The molecule has 120 valence electrons. The molecule has 0 aliphatic rings. The van der Waals surface area contributed by atoms with Gasteiger partial charge >= 0.3 is 5.97 Å². The van der Waals surface area contributed by atoms with Crippen molar-refractivity contribution in [1.29, 1.82) is 0 Å². The van der Waals surface area contributed by atoms with E-state index in [0.29, 0.717) is 0 Å². The Hall–Kier alpha value is -1.85. The summed E-state index contributed by atoms with van der Waals surface area (Å²) in [5.74, 6) is -1.35. The first-order valence-corrected chi connectivity index (χ1v) is 6.82. The fourth-order valence-electron chi connectivity index (χ4n) is 1.55. The quantitative estimate of drug-likeness (QED) is 0.543. The van der Waals surface area contributed by atoms with Crippen LogP contribution in [0, 0.1) is 5.92 Å². The van der Waals surface area contributed by atoms with Gasteiger partial charge in [0.2, 0.25) is 11.8 Å². The lowest BCUT2D eigenvalue weighted by Gasteiger charge is -2.26. The lowest BCUT2D eigenvalue weighted by molar-refractivity contribution is -0.160. The zero-order valence-corrected chi connectivity index (χ0v) is 13.8. The van der Waals surface area contributed by atoms with Crippen LogP contribution in [0.2, 0.25) is 0 Å². The van der Waals surface area contributed by atoms with E-state index in [-0.39, 0.29) is 30.9 Å². The Morgan fingerprint density at radius 1 is 1.19 bits per heavy atom. The number of carbonyl (C=O) groups is 3. The van der Waals surface area contributed by atoms with Crippen molar-refractivity contribution in [3.8, 4) is 0 Å². The van der Waals surface area contributed by atoms with Gasteiger partial charge in [-0.15, -0.1) is 0 Å². The Labute approximate surface area is 126 Å². The Morgan fingerprint density at radius 2 is 1.71 bits per heavy atom. The molecule has 6 nitrogen and oxygen atoms in total. The summed E-state index contributed by atoms with van der Waals surface area (Å²) in [4.78, 5) is 37.8. The molecule has 0 heterocycles. The molecule has 1 atom stereocenters. The maximum Gasteiger partial charge on any atom is 0.310 e. The Balaban J connectivity index is 4.44. The topological polar surface area (TPSA) is 66.9 Å². The van der Waals surface area contributed by atoms with Gasteiger partial charge in [0.15, 0.2) is 0 Å². The first kappa shape index (κ1) is 19.1. The molecular weight excluding hydrogens is 272 g/mol. The van der Waals surface area contributed by atoms with Crippen LogP contribution in [0.3, 0.4) is 0 Å². The van der Waals surface area contributed by atoms with Crippen LogP contribution < -0.4 is 0 Å². The zero-order valence-electron chi connectivity index (χ0n) is 13.8. The van der Waals surface area contributed by atoms with Crippen LogP contribution in [0.25, 0.3) is 0 Å². The maximum absolute atomic E-state index is 12.0. The number of rotatable bonds is 6.